The molecule has 7 heteroatoms. The third kappa shape index (κ3) is 3.21. The Morgan fingerprint density at radius 1 is 1.30 bits per heavy atom. The van der Waals surface area contributed by atoms with Crippen LogP contribution in [0.15, 0.2) is 29.2 Å². The van der Waals surface area contributed by atoms with Crippen molar-refractivity contribution in [3.05, 3.63) is 29.8 Å². The maximum atomic E-state index is 13.0. The molecule has 20 heavy (non-hydrogen) atoms. The fourth-order valence-corrected chi connectivity index (χ4v) is 3.80. The second kappa shape index (κ2) is 6.24. The number of hydrogen-bond donors (Lipinski definition) is 0. The molecule has 2 rings (SSSR count). The predicted octanol–water partition coefficient (Wildman–Crippen LogP) is 3.19. The lowest BCUT2D eigenvalue weighted by Crippen LogP contribution is -2.42. The zero-order valence-electron chi connectivity index (χ0n) is 11.0. The van der Waals surface area contributed by atoms with E-state index in [4.69, 9.17) is 4.74 Å². The molecule has 1 fully saturated rings. The van der Waals surface area contributed by atoms with Crippen molar-refractivity contribution in [1.29, 1.82) is 0 Å². The van der Waals surface area contributed by atoms with E-state index in [-0.39, 0.29) is 4.90 Å². The molecule has 1 aromatic carbocycles. The maximum Gasteiger partial charge on any atom is 0.417 e. The van der Waals surface area contributed by atoms with Crippen LogP contribution >= 0.6 is 0 Å². The van der Waals surface area contributed by atoms with Crippen molar-refractivity contribution in [3.8, 4) is 0 Å². The monoisotopic (exact) mass is 307 g/mol. The van der Waals surface area contributed by atoms with Gasteiger partial charge >= 0.3 is 6.18 Å². The normalized spacial score (nSPS) is 22.7. The van der Waals surface area contributed by atoms with Gasteiger partial charge in [-0.1, -0.05) is 12.1 Å². The lowest BCUT2D eigenvalue weighted by molar-refractivity contribution is -0.139. The number of alkyl halides is 3. The van der Waals surface area contributed by atoms with Crippen LogP contribution in [-0.2, 0) is 21.9 Å². The number of methoxy groups -OCH3 is 1. The number of benzene rings is 1. The first-order valence-corrected chi connectivity index (χ1v) is 7.43. The van der Waals surface area contributed by atoms with E-state index in [9.17, 15) is 17.4 Å². The first-order valence-electron chi connectivity index (χ1n) is 6.32. The zero-order valence-corrected chi connectivity index (χ0v) is 11.8. The molecular weight excluding hydrogens is 291 g/mol. The lowest BCUT2D eigenvalue weighted by Gasteiger charge is -2.33. The van der Waals surface area contributed by atoms with E-state index < -0.39 is 29.0 Å². The molecule has 0 amide bonds. The minimum atomic E-state index is -4.51. The van der Waals surface area contributed by atoms with E-state index in [1.807, 2.05) is 0 Å². The average Bonchev–Trinajstić information content (AvgIpc) is 2.45. The quantitative estimate of drug-likeness (QED) is 0.858. The number of ether oxygens (including phenoxy) is 1. The molecular formula is C13H16F3NO2S. The minimum absolute atomic E-state index is 0.205. The molecule has 1 heterocycles. The number of piperidine rings is 1. The molecule has 0 N–H and O–H groups in total. The smallest absolute Gasteiger partial charge is 0.365 e. The summed E-state index contributed by atoms with van der Waals surface area (Å²) in [7, 11) is -0.388. The van der Waals surface area contributed by atoms with E-state index in [0.717, 1.165) is 18.9 Å². The minimum Gasteiger partial charge on any atom is -0.365 e. The Hall–Kier alpha value is -0.920. The van der Waals surface area contributed by atoms with E-state index in [1.165, 1.54) is 29.6 Å². The van der Waals surface area contributed by atoms with Crippen molar-refractivity contribution < 1.29 is 22.1 Å². The molecule has 0 radical (unpaired) electrons. The number of rotatable bonds is 3. The fraction of sp³-hybridized carbons (Fsp3) is 0.538. The van der Waals surface area contributed by atoms with Crippen molar-refractivity contribution in [2.24, 2.45) is 0 Å². The largest absolute Gasteiger partial charge is 0.417 e. The molecule has 3 nitrogen and oxygen atoms in total. The van der Waals surface area contributed by atoms with Crippen LogP contribution in [0, 0.1) is 0 Å². The molecule has 112 valence electrons. The van der Waals surface area contributed by atoms with Gasteiger partial charge < -0.3 is 4.74 Å². The van der Waals surface area contributed by atoms with E-state index in [0.29, 0.717) is 13.0 Å². The summed E-state index contributed by atoms with van der Waals surface area (Å²) >= 11 is 0. The summed E-state index contributed by atoms with van der Waals surface area (Å²) < 4.78 is 58.1. The van der Waals surface area contributed by atoms with Crippen molar-refractivity contribution >= 4 is 11.0 Å². The Kier molecular flexibility index (Phi) is 4.82. The molecule has 0 spiro atoms. The average molecular weight is 307 g/mol. The van der Waals surface area contributed by atoms with Crippen LogP contribution in [0.1, 0.15) is 24.8 Å². The van der Waals surface area contributed by atoms with Gasteiger partial charge in [0, 0.05) is 13.7 Å². The van der Waals surface area contributed by atoms with E-state index in [1.54, 1.807) is 0 Å². The number of nitrogens with zero attached hydrogens (tertiary/aromatic N) is 1. The van der Waals surface area contributed by atoms with Gasteiger partial charge in [0.2, 0.25) is 0 Å². The molecule has 0 saturated carbocycles. The van der Waals surface area contributed by atoms with Gasteiger partial charge in [0.25, 0.3) is 0 Å². The number of hydrogen-bond acceptors (Lipinski definition) is 2. The van der Waals surface area contributed by atoms with E-state index in [2.05, 4.69) is 0 Å². The van der Waals surface area contributed by atoms with Gasteiger partial charge in [0.1, 0.15) is 17.2 Å². The summed E-state index contributed by atoms with van der Waals surface area (Å²) in [6.45, 7) is 0.470. The fourth-order valence-electron chi connectivity index (χ4n) is 2.28. The highest BCUT2D eigenvalue weighted by Gasteiger charge is 2.37. The summed E-state index contributed by atoms with van der Waals surface area (Å²) in [5.41, 5.74) is -0.848. The van der Waals surface area contributed by atoms with Crippen LogP contribution in [0.4, 0.5) is 13.2 Å². The Bertz CT molecular complexity index is 493. The van der Waals surface area contributed by atoms with Crippen LogP contribution in [0.3, 0.4) is 0 Å². The highest BCUT2D eigenvalue weighted by atomic mass is 32.2. The second-order valence-corrected chi connectivity index (χ2v) is 5.98. The van der Waals surface area contributed by atoms with Crippen molar-refractivity contribution in [1.82, 2.24) is 4.31 Å². The summed E-state index contributed by atoms with van der Waals surface area (Å²) in [6, 6.07) is 4.99. The lowest BCUT2D eigenvalue weighted by atomic mass is 10.1. The zero-order chi connectivity index (χ0) is 14.8. The van der Waals surface area contributed by atoms with E-state index >= 15 is 0 Å². The van der Waals surface area contributed by atoms with Gasteiger partial charge in [-0.2, -0.15) is 17.5 Å². The molecule has 2 atom stereocenters. The summed E-state index contributed by atoms with van der Waals surface area (Å²) in [6.07, 6.45) is -2.50. The third-order valence-corrected chi connectivity index (χ3v) is 4.84. The Morgan fingerprint density at radius 2 is 2.00 bits per heavy atom. The number of halogens is 3. The highest BCUT2D eigenvalue weighted by molar-refractivity contribution is 7.82. The Morgan fingerprint density at radius 3 is 2.65 bits per heavy atom. The maximum absolute atomic E-state index is 13.0. The van der Waals surface area contributed by atoms with Crippen LogP contribution in [0.5, 0.6) is 0 Å². The molecule has 1 aliphatic heterocycles. The van der Waals surface area contributed by atoms with Crippen molar-refractivity contribution in [2.45, 2.75) is 36.6 Å². The first-order chi connectivity index (χ1) is 9.45. The Balaban J connectivity index is 2.33. The van der Waals surface area contributed by atoms with Gasteiger partial charge in [0.15, 0.2) is 0 Å². The van der Waals surface area contributed by atoms with Crippen molar-refractivity contribution in [2.75, 3.05) is 13.7 Å². The summed E-state index contributed by atoms with van der Waals surface area (Å²) in [5, 5.41) is 0. The van der Waals surface area contributed by atoms with Gasteiger partial charge in [-0.05, 0) is 31.4 Å². The third-order valence-electron chi connectivity index (χ3n) is 3.27. The molecule has 1 aliphatic rings. The molecule has 0 bridgehead atoms. The van der Waals surface area contributed by atoms with Gasteiger partial charge in [-0.15, -0.1) is 0 Å². The summed E-state index contributed by atoms with van der Waals surface area (Å²) in [4.78, 5) is -0.205. The highest BCUT2D eigenvalue weighted by Crippen LogP contribution is 2.35. The topological polar surface area (TPSA) is 29.5 Å². The van der Waals surface area contributed by atoms with Crippen LogP contribution in [0.2, 0.25) is 0 Å². The predicted molar refractivity (Wildman–Crippen MR) is 69.2 cm³/mol. The van der Waals surface area contributed by atoms with Crippen molar-refractivity contribution in [3.63, 3.8) is 0 Å². The van der Waals surface area contributed by atoms with Gasteiger partial charge in [-0.25, -0.2) is 4.21 Å². The SMILES string of the molecule is COC1CCCCN1S(=O)c1ccccc1C(F)(F)F. The Labute approximate surface area is 118 Å². The molecule has 0 aliphatic carbocycles. The van der Waals surface area contributed by atoms with Gasteiger partial charge in [0.05, 0.1) is 10.5 Å². The molecule has 1 saturated heterocycles. The van der Waals surface area contributed by atoms with Gasteiger partial charge in [-0.3, -0.25) is 0 Å². The molecule has 0 aromatic heterocycles. The van der Waals surface area contributed by atoms with Crippen LogP contribution < -0.4 is 0 Å². The summed E-state index contributed by atoms with van der Waals surface area (Å²) in [5.74, 6) is 0. The molecule has 2 unspecified atom stereocenters. The van der Waals surface area contributed by atoms with Crippen LogP contribution in [0.25, 0.3) is 0 Å². The van der Waals surface area contributed by atoms with Crippen LogP contribution in [-0.4, -0.2) is 28.4 Å². The second-order valence-electron chi connectivity index (χ2n) is 4.57. The standard InChI is InChI=1S/C13H16F3NO2S/c1-19-12-8-4-5-9-17(12)20(18)11-7-3-2-6-10(11)13(14,15)16/h2-3,6-7,12H,4-5,8-9H2,1H3. The first kappa shape index (κ1) is 15.5. The molecule has 1 aromatic rings.